The van der Waals surface area contributed by atoms with Crippen molar-refractivity contribution in [2.24, 2.45) is 4.99 Å². The van der Waals surface area contributed by atoms with Crippen molar-refractivity contribution in [3.05, 3.63) is 47.8 Å². The number of aliphatic imine (C=N–C) groups is 1. The number of nitrogens with zero attached hydrogens (tertiary/aromatic N) is 4. The predicted molar refractivity (Wildman–Crippen MR) is 97.4 cm³/mol. The number of nitrogens with one attached hydrogen (secondary N) is 1. The molecule has 6 nitrogen and oxygen atoms in total. The Morgan fingerprint density at radius 1 is 1.38 bits per heavy atom. The highest BCUT2D eigenvalue weighted by Gasteiger charge is 2.09. The Balaban J connectivity index is 2.00. The lowest BCUT2D eigenvalue weighted by Gasteiger charge is -2.23. The van der Waals surface area contributed by atoms with Crippen LogP contribution in [-0.2, 0) is 13.1 Å². The molecular formula is C18H27N5O. The molecule has 0 amide bonds. The van der Waals surface area contributed by atoms with Gasteiger partial charge in [0.2, 0.25) is 0 Å². The minimum atomic E-state index is 0.680. The standard InChI is InChI=1S/C18H27N5O/c1-5-19-18(20-10-11-23-13-15(2)12-21-23)22(3)14-16-8-6-7-9-17(16)24-4/h6-9,12-13H,5,10-11,14H2,1-4H3,(H,19,20). The van der Waals surface area contributed by atoms with Crippen molar-refractivity contribution < 1.29 is 4.74 Å². The number of aromatic nitrogens is 2. The van der Waals surface area contributed by atoms with E-state index in [0.717, 1.165) is 36.9 Å². The minimum absolute atomic E-state index is 0.680. The van der Waals surface area contributed by atoms with Crippen LogP contribution in [0, 0.1) is 6.92 Å². The van der Waals surface area contributed by atoms with Gasteiger partial charge in [-0.3, -0.25) is 9.67 Å². The molecule has 0 aliphatic heterocycles. The molecular weight excluding hydrogens is 302 g/mol. The number of methoxy groups -OCH3 is 1. The summed E-state index contributed by atoms with van der Waals surface area (Å²) in [5.41, 5.74) is 2.30. The first-order valence-electron chi connectivity index (χ1n) is 8.24. The van der Waals surface area contributed by atoms with Crippen molar-refractivity contribution in [3.8, 4) is 5.75 Å². The molecule has 0 bridgehead atoms. The topological polar surface area (TPSA) is 54.7 Å². The molecule has 0 saturated heterocycles. The van der Waals surface area contributed by atoms with Crippen LogP contribution in [0.3, 0.4) is 0 Å². The fourth-order valence-electron chi connectivity index (χ4n) is 2.48. The summed E-state index contributed by atoms with van der Waals surface area (Å²) in [6.45, 7) is 7.12. The molecule has 0 saturated carbocycles. The Kier molecular flexibility index (Phi) is 6.66. The summed E-state index contributed by atoms with van der Waals surface area (Å²) in [7, 11) is 3.73. The van der Waals surface area contributed by atoms with Gasteiger partial charge in [-0.05, 0) is 25.5 Å². The molecule has 0 fully saturated rings. The normalized spacial score (nSPS) is 11.4. The predicted octanol–water partition coefficient (Wildman–Crippen LogP) is 2.30. The Morgan fingerprint density at radius 2 is 2.17 bits per heavy atom. The Labute approximate surface area is 144 Å². The molecule has 1 heterocycles. The number of rotatable bonds is 7. The molecule has 0 atom stereocenters. The maximum absolute atomic E-state index is 5.43. The van der Waals surface area contributed by atoms with Crippen LogP contribution >= 0.6 is 0 Å². The first kappa shape index (κ1) is 17.8. The van der Waals surface area contributed by atoms with E-state index in [0.29, 0.717) is 6.54 Å². The third kappa shape index (κ3) is 5.01. The summed E-state index contributed by atoms with van der Waals surface area (Å²) in [5.74, 6) is 1.78. The van der Waals surface area contributed by atoms with E-state index in [9.17, 15) is 0 Å². The molecule has 0 aliphatic carbocycles. The zero-order valence-electron chi connectivity index (χ0n) is 15.0. The summed E-state index contributed by atoms with van der Waals surface area (Å²) in [4.78, 5) is 6.81. The molecule has 1 N–H and O–H groups in total. The van der Waals surface area contributed by atoms with Crippen molar-refractivity contribution in [2.45, 2.75) is 26.9 Å². The summed E-state index contributed by atoms with van der Waals surface area (Å²) < 4.78 is 7.35. The van der Waals surface area contributed by atoms with Gasteiger partial charge in [0.25, 0.3) is 0 Å². The van der Waals surface area contributed by atoms with E-state index in [1.165, 1.54) is 5.56 Å². The van der Waals surface area contributed by atoms with Gasteiger partial charge in [-0.1, -0.05) is 18.2 Å². The number of hydrogen-bond donors (Lipinski definition) is 1. The van der Waals surface area contributed by atoms with Gasteiger partial charge in [0.1, 0.15) is 5.75 Å². The van der Waals surface area contributed by atoms with Gasteiger partial charge in [-0.2, -0.15) is 5.10 Å². The van der Waals surface area contributed by atoms with E-state index in [1.54, 1.807) is 7.11 Å². The summed E-state index contributed by atoms with van der Waals surface area (Å²) in [6, 6.07) is 8.06. The van der Waals surface area contributed by atoms with Crippen LogP contribution in [-0.4, -0.2) is 47.9 Å². The molecule has 2 aromatic rings. The molecule has 24 heavy (non-hydrogen) atoms. The van der Waals surface area contributed by atoms with Crippen LogP contribution in [0.15, 0.2) is 41.7 Å². The number of hydrogen-bond acceptors (Lipinski definition) is 3. The van der Waals surface area contributed by atoms with E-state index < -0.39 is 0 Å². The SMILES string of the molecule is CCNC(=NCCn1cc(C)cn1)N(C)Cc1ccccc1OC. The van der Waals surface area contributed by atoms with Gasteiger partial charge >= 0.3 is 0 Å². The molecule has 2 rings (SSSR count). The fraction of sp³-hybridized carbons (Fsp3) is 0.444. The minimum Gasteiger partial charge on any atom is -0.496 e. The van der Waals surface area contributed by atoms with Crippen molar-refractivity contribution in [1.82, 2.24) is 20.0 Å². The maximum Gasteiger partial charge on any atom is 0.194 e. The number of ether oxygens (including phenoxy) is 1. The number of benzene rings is 1. The highest BCUT2D eigenvalue weighted by atomic mass is 16.5. The van der Waals surface area contributed by atoms with Crippen molar-refractivity contribution >= 4 is 5.96 Å². The average molecular weight is 329 g/mol. The van der Waals surface area contributed by atoms with Gasteiger partial charge in [0, 0.05) is 31.9 Å². The molecule has 6 heteroatoms. The third-order valence-corrected chi connectivity index (χ3v) is 3.65. The molecule has 0 aliphatic rings. The lowest BCUT2D eigenvalue weighted by Crippen LogP contribution is -2.38. The van der Waals surface area contributed by atoms with Crippen LogP contribution in [0.25, 0.3) is 0 Å². The first-order valence-corrected chi connectivity index (χ1v) is 8.24. The molecule has 130 valence electrons. The smallest absolute Gasteiger partial charge is 0.194 e. The zero-order valence-corrected chi connectivity index (χ0v) is 15.0. The van der Waals surface area contributed by atoms with Gasteiger partial charge in [0.05, 0.1) is 26.4 Å². The molecule has 1 aromatic heterocycles. The largest absolute Gasteiger partial charge is 0.496 e. The fourth-order valence-corrected chi connectivity index (χ4v) is 2.48. The quantitative estimate of drug-likeness (QED) is 0.625. The van der Waals surface area contributed by atoms with Crippen molar-refractivity contribution in [1.29, 1.82) is 0 Å². The van der Waals surface area contributed by atoms with Gasteiger partial charge in [-0.25, -0.2) is 0 Å². The monoisotopic (exact) mass is 329 g/mol. The van der Waals surface area contributed by atoms with E-state index >= 15 is 0 Å². The van der Waals surface area contributed by atoms with Crippen LogP contribution < -0.4 is 10.1 Å². The third-order valence-electron chi connectivity index (χ3n) is 3.65. The average Bonchev–Trinajstić information content (AvgIpc) is 3.00. The van der Waals surface area contributed by atoms with Gasteiger partial charge < -0.3 is 15.0 Å². The van der Waals surface area contributed by atoms with Gasteiger partial charge in [0.15, 0.2) is 5.96 Å². The summed E-state index contributed by atoms with van der Waals surface area (Å²) in [6.07, 6.45) is 3.89. The highest BCUT2D eigenvalue weighted by molar-refractivity contribution is 5.79. The lowest BCUT2D eigenvalue weighted by molar-refractivity contribution is 0.396. The van der Waals surface area contributed by atoms with E-state index in [4.69, 9.17) is 9.73 Å². The second kappa shape index (κ2) is 8.96. The second-order valence-electron chi connectivity index (χ2n) is 5.68. The first-order chi connectivity index (χ1) is 11.6. The zero-order chi connectivity index (χ0) is 17.4. The number of guanidine groups is 1. The highest BCUT2D eigenvalue weighted by Crippen LogP contribution is 2.18. The summed E-state index contributed by atoms with van der Waals surface area (Å²) >= 11 is 0. The van der Waals surface area contributed by atoms with E-state index in [2.05, 4.69) is 28.3 Å². The van der Waals surface area contributed by atoms with Crippen LogP contribution in [0.4, 0.5) is 0 Å². The van der Waals surface area contributed by atoms with E-state index in [-0.39, 0.29) is 0 Å². The number of aryl methyl sites for hydroxylation is 1. The molecule has 0 radical (unpaired) electrons. The number of para-hydroxylation sites is 1. The maximum atomic E-state index is 5.43. The Hall–Kier alpha value is -2.50. The van der Waals surface area contributed by atoms with E-state index in [1.807, 2.05) is 49.2 Å². The Bertz CT molecular complexity index is 665. The molecule has 1 aromatic carbocycles. The Morgan fingerprint density at radius 3 is 2.83 bits per heavy atom. The summed E-state index contributed by atoms with van der Waals surface area (Å²) in [5, 5.41) is 7.63. The van der Waals surface area contributed by atoms with Crippen LogP contribution in [0.1, 0.15) is 18.1 Å². The molecule has 0 spiro atoms. The van der Waals surface area contributed by atoms with Crippen molar-refractivity contribution in [3.63, 3.8) is 0 Å². The molecule has 0 unspecified atom stereocenters. The van der Waals surface area contributed by atoms with Crippen LogP contribution in [0.5, 0.6) is 5.75 Å². The van der Waals surface area contributed by atoms with Crippen molar-refractivity contribution in [2.75, 3.05) is 27.2 Å². The second-order valence-corrected chi connectivity index (χ2v) is 5.68. The van der Waals surface area contributed by atoms with Gasteiger partial charge in [-0.15, -0.1) is 0 Å². The van der Waals surface area contributed by atoms with Crippen LogP contribution in [0.2, 0.25) is 0 Å². The lowest BCUT2D eigenvalue weighted by atomic mass is 10.2.